The van der Waals surface area contributed by atoms with Gasteiger partial charge in [-0.15, -0.1) is 0 Å². The Labute approximate surface area is 183 Å². The highest BCUT2D eigenvalue weighted by atomic mass is 19.1. The summed E-state index contributed by atoms with van der Waals surface area (Å²) >= 11 is 0. The number of amides is 1. The van der Waals surface area contributed by atoms with Crippen molar-refractivity contribution in [3.05, 3.63) is 82.3 Å². The number of nitrogens with zero attached hydrogens (tertiary/aromatic N) is 5. The number of pyridine rings is 2. The van der Waals surface area contributed by atoms with Crippen molar-refractivity contribution in [3.8, 4) is 0 Å². The quantitative estimate of drug-likeness (QED) is 0.521. The van der Waals surface area contributed by atoms with Gasteiger partial charge in [-0.1, -0.05) is 12.1 Å². The molecular weight excluding hydrogens is 411 g/mol. The van der Waals surface area contributed by atoms with Crippen molar-refractivity contribution < 1.29 is 9.18 Å². The Kier molecular flexibility index (Phi) is 5.40. The average Bonchev–Trinajstić information content (AvgIpc) is 3.21. The second-order valence-electron chi connectivity index (χ2n) is 8.08. The van der Waals surface area contributed by atoms with Crippen molar-refractivity contribution >= 4 is 17.2 Å². The standard InChI is InChI=1S/C23H23FN6O2/c24-17-6-9-28(10-7-17)13-16-4-5-20-26-18(15-29(20)14-16)12-25-23(32)19-11-22(31)30-8-2-1-3-21(30)27-19/h1-5,8,11,14-15,17H,6-7,9-10,12-13H2,(H,25,32). The maximum atomic E-state index is 13.3. The molecule has 1 amide bonds. The van der Waals surface area contributed by atoms with Crippen molar-refractivity contribution in [2.45, 2.75) is 32.1 Å². The predicted molar refractivity (Wildman–Crippen MR) is 117 cm³/mol. The third kappa shape index (κ3) is 4.24. The van der Waals surface area contributed by atoms with Gasteiger partial charge in [0.1, 0.15) is 23.2 Å². The summed E-state index contributed by atoms with van der Waals surface area (Å²) in [5, 5.41) is 2.78. The van der Waals surface area contributed by atoms with E-state index in [-0.39, 0.29) is 17.8 Å². The molecule has 1 saturated heterocycles. The number of rotatable bonds is 5. The minimum absolute atomic E-state index is 0.0734. The van der Waals surface area contributed by atoms with E-state index in [0.717, 1.165) is 30.8 Å². The Hall–Kier alpha value is -3.59. The van der Waals surface area contributed by atoms with E-state index in [4.69, 9.17) is 0 Å². The van der Waals surface area contributed by atoms with Crippen LogP contribution in [0, 0.1) is 0 Å². The highest BCUT2D eigenvalue weighted by Crippen LogP contribution is 2.17. The molecule has 4 aromatic rings. The minimum Gasteiger partial charge on any atom is -0.345 e. The first-order valence-corrected chi connectivity index (χ1v) is 10.6. The molecule has 0 radical (unpaired) electrons. The smallest absolute Gasteiger partial charge is 0.270 e. The van der Waals surface area contributed by atoms with E-state index >= 15 is 0 Å². The average molecular weight is 434 g/mol. The lowest BCUT2D eigenvalue weighted by atomic mass is 10.1. The van der Waals surface area contributed by atoms with Crippen molar-refractivity contribution in [3.63, 3.8) is 0 Å². The highest BCUT2D eigenvalue weighted by molar-refractivity contribution is 5.92. The Balaban J connectivity index is 1.26. The first kappa shape index (κ1) is 20.3. The van der Waals surface area contributed by atoms with E-state index in [9.17, 15) is 14.0 Å². The number of aromatic nitrogens is 4. The molecule has 0 aromatic carbocycles. The number of nitrogens with one attached hydrogen (secondary N) is 1. The van der Waals surface area contributed by atoms with E-state index in [1.165, 1.54) is 10.5 Å². The molecule has 5 heterocycles. The van der Waals surface area contributed by atoms with Crippen LogP contribution in [0.1, 0.15) is 34.6 Å². The second kappa shape index (κ2) is 8.51. The Morgan fingerprint density at radius 2 is 1.94 bits per heavy atom. The summed E-state index contributed by atoms with van der Waals surface area (Å²) in [4.78, 5) is 35.8. The van der Waals surface area contributed by atoms with Gasteiger partial charge in [0.2, 0.25) is 0 Å². The van der Waals surface area contributed by atoms with Gasteiger partial charge in [0.05, 0.1) is 12.2 Å². The van der Waals surface area contributed by atoms with E-state index in [1.807, 2.05) is 28.9 Å². The molecule has 0 spiro atoms. The van der Waals surface area contributed by atoms with Crippen molar-refractivity contribution in [2.75, 3.05) is 13.1 Å². The van der Waals surface area contributed by atoms with Crippen LogP contribution in [0.25, 0.3) is 11.3 Å². The van der Waals surface area contributed by atoms with Crippen molar-refractivity contribution in [2.24, 2.45) is 0 Å². The lowest BCUT2D eigenvalue weighted by Crippen LogP contribution is -2.33. The molecule has 8 nitrogen and oxygen atoms in total. The fourth-order valence-electron chi connectivity index (χ4n) is 4.02. The van der Waals surface area contributed by atoms with Crippen LogP contribution < -0.4 is 10.9 Å². The van der Waals surface area contributed by atoms with Gasteiger partial charge in [0.25, 0.3) is 11.5 Å². The van der Waals surface area contributed by atoms with E-state index in [2.05, 4.69) is 20.2 Å². The highest BCUT2D eigenvalue weighted by Gasteiger charge is 2.18. The second-order valence-corrected chi connectivity index (χ2v) is 8.08. The molecule has 9 heteroatoms. The third-order valence-corrected chi connectivity index (χ3v) is 5.72. The summed E-state index contributed by atoms with van der Waals surface area (Å²) in [7, 11) is 0. The van der Waals surface area contributed by atoms with Gasteiger partial charge < -0.3 is 9.72 Å². The zero-order valence-corrected chi connectivity index (χ0v) is 17.4. The van der Waals surface area contributed by atoms with Gasteiger partial charge >= 0.3 is 0 Å². The lowest BCUT2D eigenvalue weighted by molar-refractivity contribution is 0.0945. The number of imidazole rings is 1. The molecular formula is C23H23FN6O2. The number of piperidine rings is 1. The van der Waals surface area contributed by atoms with Crippen molar-refractivity contribution in [1.82, 2.24) is 29.0 Å². The molecule has 1 fully saturated rings. The van der Waals surface area contributed by atoms with Crippen LogP contribution in [0.2, 0.25) is 0 Å². The minimum atomic E-state index is -0.677. The zero-order valence-electron chi connectivity index (χ0n) is 17.4. The van der Waals surface area contributed by atoms with E-state index in [0.29, 0.717) is 24.2 Å². The molecule has 1 N–H and O–H groups in total. The molecule has 0 atom stereocenters. The summed E-state index contributed by atoms with van der Waals surface area (Å²) in [6.45, 7) is 2.53. The van der Waals surface area contributed by atoms with Crippen LogP contribution in [-0.4, -0.2) is 48.8 Å². The third-order valence-electron chi connectivity index (χ3n) is 5.72. The molecule has 0 unspecified atom stereocenters. The molecule has 32 heavy (non-hydrogen) atoms. The van der Waals surface area contributed by atoms with Crippen LogP contribution in [0.15, 0.2) is 59.8 Å². The lowest BCUT2D eigenvalue weighted by Gasteiger charge is -2.28. The summed E-state index contributed by atoms with van der Waals surface area (Å²) in [5.74, 6) is -0.428. The fourth-order valence-corrected chi connectivity index (χ4v) is 4.02. The molecule has 1 aliphatic heterocycles. The summed E-state index contributed by atoms with van der Waals surface area (Å²) in [5.41, 5.74) is 2.79. The monoisotopic (exact) mass is 434 g/mol. The topological polar surface area (TPSA) is 84.0 Å². The van der Waals surface area contributed by atoms with Crippen LogP contribution in [-0.2, 0) is 13.1 Å². The number of carbonyl (C=O) groups is 1. The normalized spacial score (nSPS) is 15.4. The molecule has 164 valence electrons. The summed E-state index contributed by atoms with van der Waals surface area (Å²) in [6, 6.07) is 10.4. The molecule has 0 aliphatic carbocycles. The first-order valence-electron chi connectivity index (χ1n) is 10.6. The summed E-state index contributed by atoms with van der Waals surface area (Å²) in [6.07, 6.45) is 6.01. The van der Waals surface area contributed by atoms with Crippen LogP contribution in [0.5, 0.6) is 0 Å². The van der Waals surface area contributed by atoms with Gasteiger partial charge in [0, 0.05) is 44.3 Å². The number of hydrogen-bond acceptors (Lipinski definition) is 5. The number of alkyl halides is 1. The Morgan fingerprint density at radius 3 is 2.78 bits per heavy atom. The zero-order chi connectivity index (χ0) is 22.1. The van der Waals surface area contributed by atoms with Gasteiger partial charge in [-0.2, -0.15) is 0 Å². The van der Waals surface area contributed by atoms with Gasteiger partial charge in [-0.3, -0.25) is 18.9 Å². The van der Waals surface area contributed by atoms with Gasteiger partial charge in [-0.05, 0) is 36.6 Å². The summed E-state index contributed by atoms with van der Waals surface area (Å²) < 4.78 is 16.7. The van der Waals surface area contributed by atoms with Gasteiger partial charge in [-0.25, -0.2) is 14.4 Å². The largest absolute Gasteiger partial charge is 0.345 e. The van der Waals surface area contributed by atoms with Crippen LogP contribution in [0.3, 0.4) is 0 Å². The molecule has 1 aliphatic rings. The molecule has 5 rings (SSSR count). The predicted octanol–water partition coefficient (Wildman–Crippen LogP) is 2.21. The molecule has 0 bridgehead atoms. The maximum absolute atomic E-state index is 13.3. The van der Waals surface area contributed by atoms with E-state index in [1.54, 1.807) is 24.4 Å². The number of carbonyl (C=O) groups excluding carboxylic acids is 1. The number of hydrogen-bond donors (Lipinski definition) is 1. The first-order chi connectivity index (χ1) is 15.5. The van der Waals surface area contributed by atoms with Crippen molar-refractivity contribution in [1.29, 1.82) is 0 Å². The SMILES string of the molecule is O=C(NCc1cn2cc(CN3CCC(F)CC3)ccc2n1)c1cc(=O)n2ccccc2n1. The maximum Gasteiger partial charge on any atom is 0.270 e. The van der Waals surface area contributed by atoms with Crippen LogP contribution >= 0.6 is 0 Å². The Morgan fingerprint density at radius 1 is 1.09 bits per heavy atom. The number of likely N-dealkylation sites (tertiary alicyclic amines) is 1. The van der Waals surface area contributed by atoms with Gasteiger partial charge in [0.15, 0.2) is 0 Å². The molecule has 0 saturated carbocycles. The Bertz CT molecular complexity index is 1340. The van der Waals surface area contributed by atoms with E-state index < -0.39 is 12.1 Å². The number of halogens is 1. The molecule has 4 aromatic heterocycles. The van der Waals surface area contributed by atoms with Crippen LogP contribution in [0.4, 0.5) is 4.39 Å². The number of fused-ring (bicyclic) bond motifs is 2. The fraction of sp³-hybridized carbons (Fsp3) is 0.304.